The Morgan fingerprint density at radius 1 is 0.958 bits per heavy atom. The molecule has 2 atom stereocenters. The van der Waals surface area contributed by atoms with E-state index in [-0.39, 0.29) is 12.6 Å². The molecule has 1 aliphatic heterocycles. The fourth-order valence-electron chi connectivity index (χ4n) is 3.21. The predicted molar refractivity (Wildman–Crippen MR) is 91.5 cm³/mol. The quantitative estimate of drug-likeness (QED) is 0.886. The van der Waals surface area contributed by atoms with E-state index < -0.39 is 12.2 Å². The smallest absolute Gasteiger partial charge is 0.407 e. The van der Waals surface area contributed by atoms with E-state index in [1.54, 1.807) is 0 Å². The summed E-state index contributed by atoms with van der Waals surface area (Å²) in [6, 6.07) is 19.9. The highest BCUT2D eigenvalue weighted by molar-refractivity contribution is 5.65. The van der Waals surface area contributed by atoms with Crippen LogP contribution in [-0.2, 0) is 13.1 Å². The Kier molecular flexibility index (Phi) is 5.13. The lowest BCUT2D eigenvalue weighted by Crippen LogP contribution is -2.42. The van der Waals surface area contributed by atoms with Crippen molar-refractivity contribution in [3.05, 3.63) is 71.8 Å². The molecule has 0 bridgehead atoms. The molecular weight excluding hydrogens is 304 g/mol. The van der Waals surface area contributed by atoms with Crippen LogP contribution in [0.25, 0.3) is 0 Å². The Morgan fingerprint density at radius 2 is 1.46 bits per heavy atom. The normalized spacial score (nSPS) is 20.5. The van der Waals surface area contributed by atoms with Gasteiger partial charge in [-0.05, 0) is 11.1 Å². The summed E-state index contributed by atoms with van der Waals surface area (Å²) < 4.78 is 0. The number of carbonyl (C=O) groups is 1. The number of nitrogens with zero attached hydrogens (tertiary/aromatic N) is 2. The highest BCUT2D eigenvalue weighted by Gasteiger charge is 2.37. The molecular formula is C19H22N2O3. The molecule has 0 unspecified atom stereocenters. The van der Waals surface area contributed by atoms with Crippen molar-refractivity contribution in [2.45, 2.75) is 25.2 Å². The first kappa shape index (κ1) is 16.5. The minimum atomic E-state index is -0.976. The van der Waals surface area contributed by atoms with Gasteiger partial charge in [0, 0.05) is 19.6 Å². The highest BCUT2D eigenvalue weighted by Crippen LogP contribution is 2.21. The molecule has 1 saturated heterocycles. The van der Waals surface area contributed by atoms with E-state index in [1.807, 2.05) is 60.7 Å². The van der Waals surface area contributed by atoms with Crippen LogP contribution in [0.15, 0.2) is 60.7 Å². The molecule has 24 heavy (non-hydrogen) atoms. The summed E-state index contributed by atoms with van der Waals surface area (Å²) in [5.74, 6) is 0. The molecule has 126 valence electrons. The Balaban J connectivity index is 1.80. The molecule has 5 nitrogen and oxygen atoms in total. The first-order valence-electron chi connectivity index (χ1n) is 8.11. The van der Waals surface area contributed by atoms with Gasteiger partial charge in [-0.1, -0.05) is 60.7 Å². The standard InChI is InChI=1S/C19H22N2O3/c22-18-14-21(19(23)24)13-17(18)20(11-15-7-3-1-4-8-15)12-16-9-5-2-6-10-16/h1-10,17-18,22H,11-14H2,(H,23,24)/t17-,18-/m1/s1. The lowest BCUT2D eigenvalue weighted by molar-refractivity contribution is 0.0729. The van der Waals surface area contributed by atoms with Gasteiger partial charge < -0.3 is 15.1 Å². The zero-order chi connectivity index (χ0) is 16.9. The van der Waals surface area contributed by atoms with Gasteiger partial charge in [0.15, 0.2) is 0 Å². The lowest BCUT2D eigenvalue weighted by Gasteiger charge is -2.30. The fourth-order valence-corrected chi connectivity index (χ4v) is 3.21. The molecule has 2 aromatic carbocycles. The lowest BCUT2D eigenvalue weighted by atomic mass is 10.1. The number of rotatable bonds is 5. The van der Waals surface area contributed by atoms with Crippen LogP contribution in [0.4, 0.5) is 4.79 Å². The number of likely N-dealkylation sites (tertiary alicyclic amines) is 1. The van der Waals surface area contributed by atoms with E-state index in [2.05, 4.69) is 4.90 Å². The van der Waals surface area contributed by atoms with Crippen LogP contribution in [-0.4, -0.2) is 51.3 Å². The molecule has 0 spiro atoms. The van der Waals surface area contributed by atoms with Crippen molar-refractivity contribution in [2.24, 2.45) is 0 Å². The molecule has 2 aromatic rings. The Bertz CT molecular complexity index is 621. The number of β-amino-alcohol motifs (C(OH)–C–C–N with tert-alkyl or cyclic N) is 1. The Hall–Kier alpha value is -2.37. The fraction of sp³-hybridized carbons (Fsp3) is 0.316. The molecule has 0 saturated carbocycles. The van der Waals surface area contributed by atoms with Crippen LogP contribution >= 0.6 is 0 Å². The first-order valence-corrected chi connectivity index (χ1v) is 8.11. The van der Waals surface area contributed by atoms with Gasteiger partial charge >= 0.3 is 6.09 Å². The molecule has 0 radical (unpaired) electrons. The second-order valence-corrected chi connectivity index (χ2v) is 6.20. The number of aliphatic hydroxyl groups is 1. The van der Waals surface area contributed by atoms with E-state index in [0.29, 0.717) is 19.6 Å². The van der Waals surface area contributed by atoms with Crippen LogP contribution in [0.3, 0.4) is 0 Å². The third kappa shape index (κ3) is 3.93. The van der Waals surface area contributed by atoms with Gasteiger partial charge in [0.2, 0.25) is 0 Å². The minimum Gasteiger partial charge on any atom is -0.465 e. The van der Waals surface area contributed by atoms with E-state index in [9.17, 15) is 15.0 Å². The van der Waals surface area contributed by atoms with Crippen molar-refractivity contribution in [3.8, 4) is 0 Å². The second kappa shape index (κ2) is 7.47. The van der Waals surface area contributed by atoms with E-state index in [4.69, 9.17) is 0 Å². The summed E-state index contributed by atoms with van der Waals surface area (Å²) in [6.45, 7) is 1.84. The Morgan fingerprint density at radius 3 is 1.88 bits per heavy atom. The summed E-state index contributed by atoms with van der Waals surface area (Å²) >= 11 is 0. The van der Waals surface area contributed by atoms with E-state index in [0.717, 1.165) is 11.1 Å². The van der Waals surface area contributed by atoms with Gasteiger partial charge in [-0.25, -0.2) is 4.79 Å². The van der Waals surface area contributed by atoms with Crippen molar-refractivity contribution < 1.29 is 15.0 Å². The number of aliphatic hydroxyl groups excluding tert-OH is 1. The molecule has 1 aliphatic rings. The molecule has 0 aromatic heterocycles. The Labute approximate surface area is 141 Å². The molecule has 3 rings (SSSR count). The number of hydrogen-bond donors (Lipinski definition) is 2. The van der Waals surface area contributed by atoms with Crippen LogP contribution in [0, 0.1) is 0 Å². The van der Waals surface area contributed by atoms with Crippen LogP contribution in [0.1, 0.15) is 11.1 Å². The molecule has 1 heterocycles. The van der Waals surface area contributed by atoms with Gasteiger partial charge in [-0.3, -0.25) is 4.90 Å². The van der Waals surface area contributed by atoms with Crippen molar-refractivity contribution in [1.82, 2.24) is 9.80 Å². The third-order valence-electron chi connectivity index (χ3n) is 4.46. The SMILES string of the molecule is O=C(O)N1C[C@@H](O)[C@H](N(Cc2ccccc2)Cc2ccccc2)C1. The largest absolute Gasteiger partial charge is 0.465 e. The number of amides is 1. The summed E-state index contributed by atoms with van der Waals surface area (Å²) in [5.41, 5.74) is 2.30. The average Bonchev–Trinajstić information content (AvgIpc) is 2.98. The molecule has 1 amide bonds. The monoisotopic (exact) mass is 326 g/mol. The molecule has 0 aliphatic carbocycles. The predicted octanol–water partition coefficient (Wildman–Crippen LogP) is 2.41. The molecule has 2 N–H and O–H groups in total. The van der Waals surface area contributed by atoms with E-state index >= 15 is 0 Å². The van der Waals surface area contributed by atoms with Gasteiger partial charge in [-0.2, -0.15) is 0 Å². The summed E-state index contributed by atoms with van der Waals surface area (Å²) in [5, 5.41) is 19.6. The molecule has 1 fully saturated rings. The van der Waals surface area contributed by atoms with Crippen molar-refractivity contribution in [2.75, 3.05) is 13.1 Å². The van der Waals surface area contributed by atoms with Crippen LogP contribution in [0.5, 0.6) is 0 Å². The zero-order valence-electron chi connectivity index (χ0n) is 13.5. The van der Waals surface area contributed by atoms with Crippen molar-refractivity contribution in [3.63, 3.8) is 0 Å². The molecule has 5 heteroatoms. The second-order valence-electron chi connectivity index (χ2n) is 6.20. The summed E-state index contributed by atoms with van der Waals surface area (Å²) in [7, 11) is 0. The topological polar surface area (TPSA) is 64.0 Å². The number of carboxylic acid groups (broad SMARTS) is 1. The van der Waals surface area contributed by atoms with Crippen molar-refractivity contribution in [1.29, 1.82) is 0 Å². The van der Waals surface area contributed by atoms with Gasteiger partial charge in [-0.15, -0.1) is 0 Å². The van der Waals surface area contributed by atoms with E-state index in [1.165, 1.54) is 4.90 Å². The van der Waals surface area contributed by atoms with Gasteiger partial charge in [0.1, 0.15) is 0 Å². The van der Waals surface area contributed by atoms with Crippen molar-refractivity contribution >= 4 is 6.09 Å². The van der Waals surface area contributed by atoms with Gasteiger partial charge in [0.25, 0.3) is 0 Å². The van der Waals surface area contributed by atoms with Gasteiger partial charge in [0.05, 0.1) is 18.7 Å². The third-order valence-corrected chi connectivity index (χ3v) is 4.46. The zero-order valence-corrected chi connectivity index (χ0v) is 13.5. The maximum Gasteiger partial charge on any atom is 0.407 e. The maximum atomic E-state index is 11.2. The average molecular weight is 326 g/mol. The number of benzene rings is 2. The minimum absolute atomic E-state index is 0.167. The maximum absolute atomic E-state index is 11.2. The van der Waals surface area contributed by atoms with Crippen LogP contribution < -0.4 is 0 Å². The summed E-state index contributed by atoms with van der Waals surface area (Å²) in [4.78, 5) is 14.7. The first-order chi connectivity index (χ1) is 11.6. The number of hydrogen-bond acceptors (Lipinski definition) is 3. The van der Waals surface area contributed by atoms with Crippen LogP contribution in [0.2, 0.25) is 0 Å². The highest BCUT2D eigenvalue weighted by atomic mass is 16.4. The summed E-state index contributed by atoms with van der Waals surface area (Å²) in [6.07, 6.45) is -1.65.